The van der Waals surface area contributed by atoms with E-state index in [4.69, 9.17) is 4.74 Å². The molecule has 374 valence electrons. The van der Waals surface area contributed by atoms with E-state index in [0.717, 1.165) is 30.5 Å². The maximum Gasteiger partial charge on any atom is 0.342 e. The Bertz CT molecular complexity index is 3870. The lowest BCUT2D eigenvalue weighted by atomic mass is 10.1. The summed E-state index contributed by atoms with van der Waals surface area (Å²) in [5, 5.41) is 16.1. The maximum atomic E-state index is 16.4. The first-order chi connectivity index (χ1) is 34.2. The number of benzene rings is 3. The molecule has 22 heteroatoms. The standard InChI is InChI=1S/C50H46F3N9O6S3.ClH/c1-54-4-10-57(11-5-54)36-19-33-27(16-30(36)51)41(63)22-44-60(33)39(24-69-44)48(68-43-26-70-45-23-42(64)28-17-31(52)37(20-34(28)62(43)45)58-12-6-55(2)7-13-58)40-25-71-49-46(50(66)67)47(65)29-18-32(53)38(21-35(29)61(40)49)59-14-8-56(3)9-15-59;/h16-26,48H,4-15H2,1-3H3,(H,66,67);1H. The number of likely N-dealkylation sites (N-methyl/N-ethyl adjacent to an activating group) is 3. The van der Waals surface area contributed by atoms with Crippen LogP contribution in [0.1, 0.15) is 27.8 Å². The second kappa shape index (κ2) is 18.4. The van der Waals surface area contributed by atoms with Crippen LogP contribution in [0.2, 0.25) is 0 Å². The molecule has 3 aromatic carbocycles. The van der Waals surface area contributed by atoms with Crippen molar-refractivity contribution in [1.82, 2.24) is 27.9 Å². The van der Waals surface area contributed by atoms with Gasteiger partial charge in [0.05, 0.1) is 55.8 Å². The third-order valence-electron chi connectivity index (χ3n) is 14.4. The van der Waals surface area contributed by atoms with Gasteiger partial charge < -0.3 is 39.2 Å². The SMILES string of the molecule is CN1CCN(c2cc3c(cc2F)c(=O)cc2scc(OC(c4csc5cc(=O)c6cc(F)c(N7CCN(C)CC7)cc6n45)c4csc5c(C(=O)O)c(=O)c6cc(F)c(N7CCN(C)CC7)cc6n45)n23)CC1.Cl. The molecule has 0 bridgehead atoms. The highest BCUT2D eigenvalue weighted by atomic mass is 35.5. The molecule has 15 nitrogen and oxygen atoms in total. The van der Waals surface area contributed by atoms with Crippen LogP contribution >= 0.6 is 46.4 Å². The number of thiazole rings is 3. The van der Waals surface area contributed by atoms with E-state index in [1.54, 1.807) is 37.8 Å². The topological polar surface area (TPSA) is 130 Å². The maximum absolute atomic E-state index is 16.4. The molecule has 9 aromatic rings. The zero-order valence-electron chi connectivity index (χ0n) is 39.2. The number of pyridine rings is 3. The number of nitrogens with zero attached hydrogens (tertiary/aromatic N) is 9. The normalized spacial score (nSPS) is 17.1. The van der Waals surface area contributed by atoms with Crippen LogP contribution < -0.4 is 35.7 Å². The van der Waals surface area contributed by atoms with Crippen molar-refractivity contribution in [3.8, 4) is 5.88 Å². The first-order valence-corrected chi connectivity index (χ1v) is 25.9. The summed E-state index contributed by atoms with van der Waals surface area (Å²) in [6.45, 7) is 7.48. The second-order valence-electron chi connectivity index (χ2n) is 18.7. The minimum absolute atomic E-state index is 0. The largest absolute Gasteiger partial charge is 0.477 e. The average Bonchev–Trinajstić information content (AvgIpc) is 4.09. The van der Waals surface area contributed by atoms with Gasteiger partial charge in [0.25, 0.3) is 0 Å². The summed E-state index contributed by atoms with van der Waals surface area (Å²) in [5.41, 5.74) is 0.661. The Morgan fingerprint density at radius 2 is 0.944 bits per heavy atom. The molecule has 12 rings (SSSR count). The number of halogens is 4. The predicted molar refractivity (Wildman–Crippen MR) is 283 cm³/mol. The van der Waals surface area contributed by atoms with Crippen molar-refractivity contribution in [3.05, 3.63) is 130 Å². The van der Waals surface area contributed by atoms with E-state index in [0.29, 0.717) is 109 Å². The molecule has 3 aliphatic heterocycles. The minimum Gasteiger partial charge on any atom is -0.477 e. The molecule has 72 heavy (non-hydrogen) atoms. The lowest BCUT2D eigenvalue weighted by Gasteiger charge is -2.34. The van der Waals surface area contributed by atoms with Gasteiger partial charge in [0.1, 0.15) is 37.5 Å². The number of ether oxygens (including phenoxy) is 1. The van der Waals surface area contributed by atoms with Gasteiger partial charge in [-0.15, -0.1) is 46.4 Å². The fourth-order valence-corrected chi connectivity index (χ4v) is 13.3. The van der Waals surface area contributed by atoms with Gasteiger partial charge in [-0.1, -0.05) is 0 Å². The molecule has 3 saturated heterocycles. The molecule has 0 amide bonds. The number of rotatable bonds is 8. The van der Waals surface area contributed by atoms with Gasteiger partial charge in [0, 0.05) is 112 Å². The van der Waals surface area contributed by atoms with Crippen LogP contribution in [-0.2, 0) is 0 Å². The molecule has 6 aromatic heterocycles. The summed E-state index contributed by atoms with van der Waals surface area (Å²) in [6.07, 6.45) is -1.20. The van der Waals surface area contributed by atoms with E-state index in [-0.39, 0.29) is 61.3 Å². The van der Waals surface area contributed by atoms with Crippen LogP contribution in [0, 0.1) is 17.5 Å². The molecule has 0 saturated carbocycles. The van der Waals surface area contributed by atoms with Crippen molar-refractivity contribution < 1.29 is 27.8 Å². The molecule has 1 unspecified atom stereocenters. The fourth-order valence-electron chi connectivity index (χ4n) is 10.4. The molecule has 1 N–H and O–H groups in total. The van der Waals surface area contributed by atoms with Crippen LogP contribution in [-0.4, -0.2) is 139 Å². The molecule has 0 spiro atoms. The molecule has 0 aliphatic carbocycles. The predicted octanol–water partition coefficient (Wildman–Crippen LogP) is 7.13. The Balaban J connectivity index is 0.00000560. The summed E-state index contributed by atoms with van der Waals surface area (Å²) < 4.78 is 61.2. The van der Waals surface area contributed by atoms with E-state index in [9.17, 15) is 24.3 Å². The number of hydrogen-bond acceptors (Lipinski definition) is 14. The average molecular weight is 1060 g/mol. The molecule has 3 fully saturated rings. The van der Waals surface area contributed by atoms with Crippen LogP contribution in [0.4, 0.5) is 30.2 Å². The monoisotopic (exact) mass is 1060 g/mol. The van der Waals surface area contributed by atoms with E-state index in [1.165, 1.54) is 46.9 Å². The van der Waals surface area contributed by atoms with E-state index >= 15 is 13.2 Å². The summed E-state index contributed by atoms with van der Waals surface area (Å²) in [7, 11) is 6.00. The second-order valence-corrected chi connectivity index (χ2v) is 21.4. The van der Waals surface area contributed by atoms with Gasteiger partial charge in [0.2, 0.25) is 11.3 Å². The lowest BCUT2D eigenvalue weighted by Crippen LogP contribution is -2.44. The number of carboxylic acid groups (broad SMARTS) is 1. The van der Waals surface area contributed by atoms with Gasteiger partial charge >= 0.3 is 5.97 Å². The highest BCUT2D eigenvalue weighted by molar-refractivity contribution is 7.16. The quantitative estimate of drug-likeness (QED) is 0.166. The number of fused-ring (bicyclic) bond motifs is 9. The molecule has 0 radical (unpaired) electrons. The van der Waals surface area contributed by atoms with Crippen molar-refractivity contribution in [2.75, 3.05) is 114 Å². The van der Waals surface area contributed by atoms with Crippen molar-refractivity contribution >= 4 is 117 Å². The Morgan fingerprint density at radius 1 is 0.542 bits per heavy atom. The van der Waals surface area contributed by atoms with E-state index in [1.807, 2.05) is 45.6 Å². The number of aromatic nitrogens is 3. The molecular weight excluding hydrogens is 1010 g/mol. The number of aromatic carboxylic acids is 1. The third-order valence-corrected chi connectivity index (χ3v) is 17.2. The first kappa shape index (κ1) is 48.1. The highest BCUT2D eigenvalue weighted by Crippen LogP contribution is 2.41. The number of anilines is 3. The van der Waals surface area contributed by atoms with Gasteiger partial charge in [-0.3, -0.25) is 27.6 Å². The summed E-state index contributed by atoms with van der Waals surface area (Å²) in [5.74, 6) is -2.97. The molecule has 1 atom stereocenters. The molecule has 9 heterocycles. The smallest absolute Gasteiger partial charge is 0.342 e. The van der Waals surface area contributed by atoms with Crippen molar-refractivity contribution in [3.63, 3.8) is 0 Å². The number of carboxylic acids is 1. The van der Waals surface area contributed by atoms with E-state index in [2.05, 4.69) is 14.7 Å². The minimum atomic E-state index is -1.49. The highest BCUT2D eigenvalue weighted by Gasteiger charge is 2.32. The third kappa shape index (κ3) is 7.87. The van der Waals surface area contributed by atoms with Crippen molar-refractivity contribution in [2.45, 2.75) is 6.10 Å². The number of carbonyl (C=O) groups is 1. The first-order valence-electron chi connectivity index (χ1n) is 23.2. The Kier molecular flexibility index (Phi) is 12.3. The molecule has 3 aliphatic rings. The summed E-state index contributed by atoms with van der Waals surface area (Å²) in [4.78, 5) is 68.4. The Morgan fingerprint density at radius 3 is 1.43 bits per heavy atom. The van der Waals surface area contributed by atoms with Crippen molar-refractivity contribution in [2.24, 2.45) is 0 Å². The summed E-state index contributed by atoms with van der Waals surface area (Å²) in [6, 6.07) is 11.5. The Labute approximate surface area is 426 Å². The number of hydrogen-bond donors (Lipinski definition) is 1. The summed E-state index contributed by atoms with van der Waals surface area (Å²) >= 11 is 3.52. The van der Waals surface area contributed by atoms with Crippen LogP contribution in [0.15, 0.2) is 79.1 Å². The van der Waals surface area contributed by atoms with Gasteiger partial charge in [-0.2, -0.15) is 0 Å². The van der Waals surface area contributed by atoms with Gasteiger partial charge in [-0.05, 0) is 57.5 Å². The van der Waals surface area contributed by atoms with Gasteiger partial charge in [-0.25, -0.2) is 18.0 Å². The zero-order chi connectivity index (χ0) is 49.1. The lowest BCUT2D eigenvalue weighted by molar-refractivity contribution is 0.0697. The fraction of sp³-hybridized carbons (Fsp3) is 0.320. The van der Waals surface area contributed by atoms with Crippen LogP contribution in [0.25, 0.3) is 47.2 Å². The van der Waals surface area contributed by atoms with Crippen LogP contribution in [0.3, 0.4) is 0 Å². The Hall–Kier alpha value is -6.20. The van der Waals surface area contributed by atoms with Gasteiger partial charge in [0.15, 0.2) is 17.0 Å². The molecular formula is C50H47ClF3N9O6S3. The number of piperazine rings is 3. The van der Waals surface area contributed by atoms with Crippen molar-refractivity contribution in [1.29, 1.82) is 0 Å². The van der Waals surface area contributed by atoms with E-state index < -0.39 is 40.5 Å². The zero-order valence-corrected chi connectivity index (χ0v) is 42.5. The van der Waals surface area contributed by atoms with Crippen LogP contribution in [0.5, 0.6) is 5.88 Å².